The van der Waals surface area contributed by atoms with Crippen LogP contribution in [0.15, 0.2) is 6.07 Å². The van der Waals surface area contributed by atoms with Gasteiger partial charge in [-0.05, 0) is 13.0 Å². The van der Waals surface area contributed by atoms with E-state index in [1.807, 2.05) is 0 Å². The Balaban J connectivity index is 3.60. The monoisotopic (exact) mass is 297 g/mol. The Kier molecular flexibility index (Phi) is 3.50. The topological polar surface area (TPSA) is 12.9 Å². The van der Waals surface area contributed by atoms with E-state index in [4.69, 9.17) is 0 Å². The maximum atomic E-state index is 13.2. The number of pyridine rings is 1. The van der Waals surface area contributed by atoms with Gasteiger partial charge in [-0.2, -0.15) is 35.1 Å². The van der Waals surface area contributed by atoms with Gasteiger partial charge < -0.3 is 0 Å². The zero-order chi connectivity index (χ0) is 15.2. The van der Waals surface area contributed by atoms with Gasteiger partial charge in [0.15, 0.2) is 11.5 Å². The number of aryl methyl sites for hydroxylation is 1. The molecule has 108 valence electrons. The van der Waals surface area contributed by atoms with Gasteiger partial charge in [0.2, 0.25) is 0 Å². The summed E-state index contributed by atoms with van der Waals surface area (Å²) in [7, 11) is 0. The van der Waals surface area contributed by atoms with Crippen LogP contribution in [0, 0.1) is 12.7 Å². The molecule has 0 aromatic carbocycles. The third kappa shape index (κ3) is 2.76. The largest absolute Gasteiger partial charge is 0.459 e. The molecule has 0 N–H and O–H groups in total. The fraction of sp³-hybridized carbons (Fsp3) is 0.444. The number of alkyl halides is 8. The third-order valence-corrected chi connectivity index (χ3v) is 2.04. The predicted molar refractivity (Wildman–Crippen MR) is 43.9 cm³/mol. The van der Waals surface area contributed by atoms with Crippen molar-refractivity contribution in [2.45, 2.75) is 25.2 Å². The predicted octanol–water partition coefficient (Wildman–Crippen LogP) is 4.20. The van der Waals surface area contributed by atoms with E-state index in [0.717, 1.165) is 6.92 Å². The first-order valence-electron chi connectivity index (χ1n) is 4.48. The van der Waals surface area contributed by atoms with Crippen LogP contribution in [0.5, 0.6) is 0 Å². The van der Waals surface area contributed by atoms with Crippen molar-refractivity contribution in [3.05, 3.63) is 28.8 Å². The first-order valence-corrected chi connectivity index (χ1v) is 4.48. The molecule has 0 aliphatic rings. The molecule has 0 spiro atoms. The summed E-state index contributed by atoms with van der Waals surface area (Å²) in [4.78, 5) is 2.54. The Bertz CT molecular complexity index is 486. The molecule has 1 rings (SSSR count). The summed E-state index contributed by atoms with van der Waals surface area (Å²) in [6, 6.07) is 0.0469. The van der Waals surface area contributed by atoms with E-state index in [9.17, 15) is 39.5 Å². The van der Waals surface area contributed by atoms with Crippen LogP contribution in [0.4, 0.5) is 39.5 Å². The van der Waals surface area contributed by atoms with E-state index >= 15 is 0 Å². The Morgan fingerprint density at radius 1 is 0.947 bits per heavy atom. The van der Waals surface area contributed by atoms with E-state index in [1.165, 1.54) is 0 Å². The maximum absolute atomic E-state index is 13.2. The van der Waals surface area contributed by atoms with Crippen LogP contribution < -0.4 is 0 Å². The highest BCUT2D eigenvalue weighted by Crippen LogP contribution is 2.45. The summed E-state index contributed by atoms with van der Waals surface area (Å²) in [6.45, 7) is 0.741. The van der Waals surface area contributed by atoms with Crippen LogP contribution in [0.2, 0.25) is 0 Å². The van der Waals surface area contributed by atoms with Gasteiger partial charge >= 0.3 is 18.3 Å². The quantitative estimate of drug-likeness (QED) is 0.708. The summed E-state index contributed by atoms with van der Waals surface area (Å²) >= 11 is 0. The molecule has 19 heavy (non-hydrogen) atoms. The number of aromatic nitrogens is 1. The molecule has 0 radical (unpaired) electrons. The molecule has 1 aromatic heterocycles. The van der Waals surface area contributed by atoms with Crippen molar-refractivity contribution in [3.8, 4) is 0 Å². The Labute approximate surface area is 99.6 Å². The smallest absolute Gasteiger partial charge is 0.248 e. The molecule has 0 unspecified atom stereocenters. The van der Waals surface area contributed by atoms with E-state index in [2.05, 4.69) is 4.98 Å². The SMILES string of the molecule is Cc1cc(C(F)(F)F)c(F)c(C(F)(F)C(F)(F)F)n1. The normalized spacial score (nSPS) is 13.8. The second-order valence-electron chi connectivity index (χ2n) is 3.54. The van der Waals surface area contributed by atoms with Crippen molar-refractivity contribution in [1.29, 1.82) is 0 Å². The van der Waals surface area contributed by atoms with Gasteiger partial charge in [0.05, 0.1) is 5.56 Å². The first kappa shape index (κ1) is 15.6. The number of nitrogens with zero attached hydrogens (tertiary/aromatic N) is 1. The minimum atomic E-state index is -6.25. The molecular formula is C9H4F9N. The van der Waals surface area contributed by atoms with Gasteiger partial charge in [-0.15, -0.1) is 0 Å². The van der Waals surface area contributed by atoms with Crippen LogP contribution in [0.1, 0.15) is 17.0 Å². The maximum Gasteiger partial charge on any atom is 0.459 e. The second-order valence-corrected chi connectivity index (χ2v) is 3.54. The Hall–Kier alpha value is -1.48. The molecule has 0 bridgehead atoms. The standard InChI is InChI=1S/C9H4F9N/c1-3-2-4(8(13,14)15)5(10)6(19-3)7(11,12)9(16,17)18/h2H,1H3. The Morgan fingerprint density at radius 3 is 1.79 bits per heavy atom. The lowest BCUT2D eigenvalue weighted by Crippen LogP contribution is -2.36. The molecule has 1 aromatic rings. The number of hydrogen-bond acceptors (Lipinski definition) is 1. The fourth-order valence-corrected chi connectivity index (χ4v) is 1.21. The lowest BCUT2D eigenvalue weighted by Gasteiger charge is -2.21. The van der Waals surface area contributed by atoms with Gasteiger partial charge in [0, 0.05) is 5.69 Å². The van der Waals surface area contributed by atoms with Crippen LogP contribution in [-0.2, 0) is 12.1 Å². The molecule has 10 heteroatoms. The average molecular weight is 297 g/mol. The van der Waals surface area contributed by atoms with Crippen molar-refractivity contribution in [1.82, 2.24) is 4.98 Å². The highest BCUT2D eigenvalue weighted by Gasteiger charge is 2.62. The first-order chi connectivity index (χ1) is 8.28. The van der Waals surface area contributed by atoms with Crippen LogP contribution in [-0.4, -0.2) is 11.2 Å². The Morgan fingerprint density at radius 2 is 1.42 bits per heavy atom. The summed E-state index contributed by atoms with van der Waals surface area (Å²) in [5.41, 5.74) is -5.63. The summed E-state index contributed by atoms with van der Waals surface area (Å²) in [5, 5.41) is 0. The third-order valence-electron chi connectivity index (χ3n) is 2.04. The van der Waals surface area contributed by atoms with E-state index in [0.29, 0.717) is 0 Å². The number of rotatable bonds is 1. The van der Waals surface area contributed by atoms with E-state index in [-0.39, 0.29) is 6.07 Å². The second kappa shape index (κ2) is 4.27. The van der Waals surface area contributed by atoms with Crippen molar-refractivity contribution in [2.24, 2.45) is 0 Å². The van der Waals surface area contributed by atoms with Gasteiger partial charge in [0.25, 0.3) is 0 Å². The van der Waals surface area contributed by atoms with E-state index in [1.54, 1.807) is 0 Å². The summed E-state index contributed by atoms with van der Waals surface area (Å²) < 4.78 is 112. The highest BCUT2D eigenvalue weighted by molar-refractivity contribution is 5.29. The van der Waals surface area contributed by atoms with Gasteiger partial charge in [-0.25, -0.2) is 9.37 Å². The molecule has 1 heterocycles. The van der Waals surface area contributed by atoms with Gasteiger partial charge in [-0.1, -0.05) is 0 Å². The zero-order valence-electron chi connectivity index (χ0n) is 8.93. The lowest BCUT2D eigenvalue weighted by atomic mass is 10.1. The van der Waals surface area contributed by atoms with Crippen molar-refractivity contribution in [3.63, 3.8) is 0 Å². The minimum Gasteiger partial charge on any atom is -0.248 e. The molecule has 0 atom stereocenters. The van der Waals surface area contributed by atoms with Gasteiger partial charge in [0.1, 0.15) is 0 Å². The van der Waals surface area contributed by atoms with Crippen molar-refractivity contribution in [2.75, 3.05) is 0 Å². The highest BCUT2D eigenvalue weighted by atomic mass is 19.4. The summed E-state index contributed by atoms with van der Waals surface area (Å²) in [6.07, 6.45) is -11.7. The van der Waals surface area contributed by atoms with E-state index < -0.39 is 41.0 Å². The molecule has 0 aliphatic heterocycles. The fourth-order valence-electron chi connectivity index (χ4n) is 1.21. The number of halogens is 9. The minimum absolute atomic E-state index is 0.0469. The molecular weight excluding hydrogens is 293 g/mol. The molecule has 0 saturated carbocycles. The van der Waals surface area contributed by atoms with Crippen molar-refractivity contribution < 1.29 is 39.5 Å². The summed E-state index contributed by atoms with van der Waals surface area (Å²) in [5.74, 6) is -8.55. The zero-order valence-corrected chi connectivity index (χ0v) is 8.93. The molecule has 0 aliphatic carbocycles. The average Bonchev–Trinajstić information content (AvgIpc) is 2.17. The molecule has 1 nitrogen and oxygen atoms in total. The van der Waals surface area contributed by atoms with Crippen LogP contribution >= 0.6 is 0 Å². The molecule has 0 amide bonds. The van der Waals surface area contributed by atoms with Crippen LogP contribution in [0.25, 0.3) is 0 Å². The lowest BCUT2D eigenvalue weighted by molar-refractivity contribution is -0.292. The van der Waals surface area contributed by atoms with Crippen molar-refractivity contribution >= 4 is 0 Å². The van der Waals surface area contributed by atoms with Crippen LogP contribution in [0.3, 0.4) is 0 Å². The number of hydrogen-bond donors (Lipinski definition) is 0. The molecule has 0 fully saturated rings. The molecule has 0 saturated heterocycles. The van der Waals surface area contributed by atoms with Gasteiger partial charge in [-0.3, -0.25) is 0 Å².